The van der Waals surface area contributed by atoms with Gasteiger partial charge in [0.15, 0.2) is 0 Å². The van der Waals surface area contributed by atoms with Crippen LogP contribution in [0.5, 0.6) is 11.5 Å². The van der Waals surface area contributed by atoms with E-state index in [-0.39, 0.29) is 6.01 Å². The van der Waals surface area contributed by atoms with Crippen molar-refractivity contribution >= 4 is 11.9 Å². The van der Waals surface area contributed by atoms with Crippen molar-refractivity contribution in [1.82, 2.24) is 10.2 Å². The number of benzene rings is 2. The minimum absolute atomic E-state index is 0.00345. The van der Waals surface area contributed by atoms with Crippen molar-refractivity contribution in [1.29, 1.82) is 0 Å². The molecule has 0 fully saturated rings. The summed E-state index contributed by atoms with van der Waals surface area (Å²) in [5, 5.41) is 10.3. The maximum atomic E-state index is 12.4. The average Bonchev–Trinajstić information content (AvgIpc) is 3.10. The lowest BCUT2D eigenvalue weighted by Crippen LogP contribution is -2.13. The van der Waals surface area contributed by atoms with Gasteiger partial charge in [-0.1, -0.05) is 23.3 Å². The van der Waals surface area contributed by atoms with Gasteiger partial charge in [0, 0.05) is 5.56 Å². The number of carbonyl (C=O) groups excluding carboxylic acids is 1. The largest absolute Gasteiger partial charge is 0.497 e. The zero-order valence-electron chi connectivity index (χ0n) is 13.1. The van der Waals surface area contributed by atoms with Gasteiger partial charge >= 0.3 is 6.01 Å². The van der Waals surface area contributed by atoms with E-state index in [0.717, 1.165) is 5.56 Å². The lowest BCUT2D eigenvalue weighted by atomic mass is 10.1. The Morgan fingerprint density at radius 3 is 2.54 bits per heavy atom. The fourth-order valence-electron chi connectivity index (χ4n) is 2.13. The molecule has 1 aromatic heterocycles. The summed E-state index contributed by atoms with van der Waals surface area (Å²) >= 11 is 0. The van der Waals surface area contributed by atoms with E-state index in [1.165, 1.54) is 14.2 Å². The molecule has 1 amide bonds. The van der Waals surface area contributed by atoms with Gasteiger partial charge < -0.3 is 13.9 Å². The summed E-state index contributed by atoms with van der Waals surface area (Å²) in [4.78, 5) is 12.4. The highest BCUT2D eigenvalue weighted by atomic mass is 16.5. The van der Waals surface area contributed by atoms with E-state index in [0.29, 0.717) is 23.0 Å². The molecule has 7 heteroatoms. The molecule has 3 aromatic rings. The Bertz CT molecular complexity index is 846. The molecule has 0 saturated heterocycles. The summed E-state index contributed by atoms with van der Waals surface area (Å²) in [6, 6.07) is 14.2. The molecule has 3 rings (SSSR count). The zero-order chi connectivity index (χ0) is 16.9. The predicted octanol–water partition coefficient (Wildman–Crippen LogP) is 3.01. The predicted molar refractivity (Wildman–Crippen MR) is 87.2 cm³/mol. The van der Waals surface area contributed by atoms with Gasteiger partial charge in [0.25, 0.3) is 5.91 Å². The molecule has 0 aliphatic carbocycles. The highest BCUT2D eigenvalue weighted by molar-refractivity contribution is 6.05. The van der Waals surface area contributed by atoms with Crippen molar-refractivity contribution in [2.45, 2.75) is 0 Å². The summed E-state index contributed by atoms with van der Waals surface area (Å²) in [6.45, 7) is 0. The molecule has 2 aromatic carbocycles. The van der Waals surface area contributed by atoms with Crippen molar-refractivity contribution < 1.29 is 18.7 Å². The summed E-state index contributed by atoms with van der Waals surface area (Å²) in [6.07, 6.45) is 0. The zero-order valence-corrected chi connectivity index (χ0v) is 13.1. The normalized spacial score (nSPS) is 10.2. The first kappa shape index (κ1) is 15.5. The van der Waals surface area contributed by atoms with Gasteiger partial charge in [0.05, 0.1) is 19.8 Å². The Balaban J connectivity index is 1.82. The first-order valence-corrected chi connectivity index (χ1v) is 7.13. The first-order chi connectivity index (χ1) is 11.7. The van der Waals surface area contributed by atoms with Gasteiger partial charge in [0.2, 0.25) is 5.89 Å². The molecule has 122 valence electrons. The van der Waals surface area contributed by atoms with Crippen LogP contribution in [0.3, 0.4) is 0 Å². The van der Waals surface area contributed by atoms with Gasteiger partial charge in [-0.05, 0) is 30.3 Å². The van der Waals surface area contributed by atoms with E-state index in [9.17, 15) is 4.79 Å². The van der Waals surface area contributed by atoms with Crippen molar-refractivity contribution in [3.63, 3.8) is 0 Å². The molecule has 24 heavy (non-hydrogen) atoms. The molecule has 0 unspecified atom stereocenters. The van der Waals surface area contributed by atoms with Crippen LogP contribution in [0.25, 0.3) is 11.5 Å². The number of nitrogens with one attached hydrogen (secondary N) is 1. The maximum absolute atomic E-state index is 12.4. The van der Waals surface area contributed by atoms with Crippen molar-refractivity contribution in [2.24, 2.45) is 0 Å². The van der Waals surface area contributed by atoms with Crippen molar-refractivity contribution in [3.8, 4) is 23.0 Å². The lowest BCUT2D eigenvalue weighted by molar-refractivity contribution is 0.102. The van der Waals surface area contributed by atoms with Gasteiger partial charge in [-0.15, -0.1) is 5.10 Å². The second-order valence-electron chi connectivity index (χ2n) is 4.80. The molecule has 0 radical (unpaired) electrons. The minimum Gasteiger partial charge on any atom is -0.497 e. The Kier molecular flexibility index (Phi) is 4.42. The number of methoxy groups -OCH3 is 2. The van der Waals surface area contributed by atoms with Crippen LogP contribution in [0.2, 0.25) is 0 Å². The summed E-state index contributed by atoms with van der Waals surface area (Å²) < 4.78 is 15.8. The molecule has 0 saturated carbocycles. The number of rotatable bonds is 5. The van der Waals surface area contributed by atoms with Gasteiger partial charge in [0.1, 0.15) is 11.5 Å². The van der Waals surface area contributed by atoms with E-state index in [1.807, 2.05) is 30.3 Å². The quantitative estimate of drug-likeness (QED) is 0.776. The number of nitrogens with zero attached hydrogens (tertiary/aromatic N) is 2. The van der Waals surface area contributed by atoms with Crippen LogP contribution < -0.4 is 14.8 Å². The van der Waals surface area contributed by atoms with E-state index in [4.69, 9.17) is 13.9 Å². The number of aromatic nitrogens is 2. The molecule has 1 N–H and O–H groups in total. The van der Waals surface area contributed by atoms with Crippen LogP contribution in [0.15, 0.2) is 52.9 Å². The van der Waals surface area contributed by atoms with Crippen LogP contribution in [0.1, 0.15) is 10.4 Å². The minimum atomic E-state index is -0.436. The molecule has 0 atom stereocenters. The third kappa shape index (κ3) is 3.19. The molecule has 0 aliphatic heterocycles. The number of ether oxygens (including phenoxy) is 2. The first-order valence-electron chi connectivity index (χ1n) is 7.13. The summed E-state index contributed by atoms with van der Waals surface area (Å²) in [5.41, 5.74) is 1.07. The Hall–Kier alpha value is -3.35. The molecule has 7 nitrogen and oxygen atoms in total. The van der Waals surface area contributed by atoms with Crippen LogP contribution in [0, 0.1) is 0 Å². The lowest BCUT2D eigenvalue weighted by Gasteiger charge is -2.09. The van der Waals surface area contributed by atoms with Crippen LogP contribution in [-0.2, 0) is 0 Å². The third-order valence-electron chi connectivity index (χ3n) is 3.32. The summed E-state index contributed by atoms with van der Waals surface area (Å²) in [7, 11) is 3.01. The molecule has 1 heterocycles. The molecule has 0 spiro atoms. The standard InChI is InChI=1S/C17H15N3O4/c1-22-12-8-9-14(23-2)13(10-12)15(21)18-17-20-19-16(24-17)11-6-4-3-5-7-11/h3-10H,1-2H3,(H,18,20,21). The summed E-state index contributed by atoms with van der Waals surface area (Å²) in [5.74, 6) is 0.838. The van der Waals surface area contributed by atoms with Crippen LogP contribution in [-0.4, -0.2) is 30.3 Å². The van der Waals surface area contributed by atoms with E-state index in [2.05, 4.69) is 15.5 Å². The second-order valence-corrected chi connectivity index (χ2v) is 4.80. The molecule has 0 bridgehead atoms. The van der Waals surface area contributed by atoms with E-state index in [1.54, 1.807) is 18.2 Å². The number of amides is 1. The number of carbonyl (C=O) groups is 1. The van der Waals surface area contributed by atoms with Crippen LogP contribution in [0.4, 0.5) is 6.01 Å². The third-order valence-corrected chi connectivity index (χ3v) is 3.32. The highest BCUT2D eigenvalue weighted by Crippen LogP contribution is 2.25. The van der Waals surface area contributed by atoms with Crippen LogP contribution >= 0.6 is 0 Å². The maximum Gasteiger partial charge on any atom is 0.322 e. The molecular weight excluding hydrogens is 310 g/mol. The Morgan fingerprint density at radius 2 is 1.83 bits per heavy atom. The number of anilines is 1. The smallest absolute Gasteiger partial charge is 0.322 e. The van der Waals surface area contributed by atoms with Crippen molar-refractivity contribution in [3.05, 3.63) is 54.1 Å². The topological polar surface area (TPSA) is 86.5 Å². The van der Waals surface area contributed by atoms with E-state index >= 15 is 0 Å². The number of hydrogen-bond acceptors (Lipinski definition) is 6. The second kappa shape index (κ2) is 6.82. The fraction of sp³-hybridized carbons (Fsp3) is 0.118. The Labute approximate surface area is 138 Å². The Morgan fingerprint density at radius 1 is 1.04 bits per heavy atom. The SMILES string of the molecule is COc1ccc(OC)c(C(=O)Nc2nnc(-c3ccccc3)o2)c1. The van der Waals surface area contributed by atoms with Gasteiger partial charge in [-0.25, -0.2) is 0 Å². The number of hydrogen-bond donors (Lipinski definition) is 1. The molecular formula is C17H15N3O4. The monoisotopic (exact) mass is 325 g/mol. The average molecular weight is 325 g/mol. The molecule has 0 aliphatic rings. The van der Waals surface area contributed by atoms with Gasteiger partial charge in [-0.2, -0.15) is 0 Å². The fourth-order valence-corrected chi connectivity index (χ4v) is 2.13. The van der Waals surface area contributed by atoms with E-state index < -0.39 is 5.91 Å². The van der Waals surface area contributed by atoms with Crippen molar-refractivity contribution in [2.75, 3.05) is 19.5 Å². The van der Waals surface area contributed by atoms with Gasteiger partial charge in [-0.3, -0.25) is 10.1 Å². The highest BCUT2D eigenvalue weighted by Gasteiger charge is 2.17.